The lowest BCUT2D eigenvalue weighted by Gasteiger charge is -2.30. The number of carbonyl (C=O) groups excluding carboxylic acids is 2. The Kier molecular flexibility index (Phi) is 8.43. The highest BCUT2D eigenvalue weighted by Crippen LogP contribution is 2.25. The number of hydrogen-bond donors (Lipinski definition) is 1. The van der Waals surface area contributed by atoms with Crippen molar-refractivity contribution >= 4 is 40.9 Å². The minimum atomic E-state index is -0.686. The van der Waals surface area contributed by atoms with Crippen molar-refractivity contribution < 1.29 is 14.3 Å². The first-order valence-electron chi connectivity index (χ1n) is 10.3. The molecular formula is C24H27ClN2O3S. The predicted molar refractivity (Wildman–Crippen MR) is 127 cm³/mol. The monoisotopic (exact) mass is 458 g/mol. The molecule has 2 aromatic carbocycles. The number of benzene rings is 2. The van der Waals surface area contributed by atoms with E-state index in [1.165, 1.54) is 17.3 Å². The van der Waals surface area contributed by atoms with Crippen molar-refractivity contribution in [3.05, 3.63) is 76.8 Å². The summed E-state index contributed by atoms with van der Waals surface area (Å²) in [6.07, 6.45) is 2.23. The third-order valence-electron chi connectivity index (χ3n) is 4.83. The van der Waals surface area contributed by atoms with Crippen LogP contribution >= 0.6 is 23.4 Å². The smallest absolute Gasteiger partial charge is 0.408 e. The van der Waals surface area contributed by atoms with Crippen molar-refractivity contribution in [3.63, 3.8) is 0 Å². The van der Waals surface area contributed by atoms with Crippen LogP contribution in [0.3, 0.4) is 0 Å². The Hall–Kier alpha value is -2.44. The van der Waals surface area contributed by atoms with Gasteiger partial charge in [0.05, 0.1) is 0 Å². The van der Waals surface area contributed by atoms with E-state index in [-0.39, 0.29) is 17.8 Å². The van der Waals surface area contributed by atoms with Gasteiger partial charge in [-0.3, -0.25) is 4.79 Å². The standard InChI is InChI=1S/C24H27ClN2O3S/c1-17(2)31-22(26-24(29)30-16-18-6-4-3-5-7-18)23(28)27-14-12-20(13-15-27)19-8-10-21(25)11-9-19/h3-12,17,22H,13-16H2,1-2H3,(H,26,29). The highest BCUT2D eigenvalue weighted by Gasteiger charge is 2.29. The molecule has 0 saturated heterocycles. The maximum atomic E-state index is 13.1. The molecule has 0 spiro atoms. The molecule has 2 amide bonds. The van der Waals surface area contributed by atoms with Crippen molar-refractivity contribution in [2.24, 2.45) is 0 Å². The quantitative estimate of drug-likeness (QED) is 0.568. The van der Waals surface area contributed by atoms with E-state index in [1.807, 2.05) is 68.4 Å². The topological polar surface area (TPSA) is 58.6 Å². The summed E-state index contributed by atoms with van der Waals surface area (Å²) < 4.78 is 5.31. The van der Waals surface area contributed by atoms with Crippen LogP contribution in [-0.2, 0) is 16.1 Å². The molecule has 1 heterocycles. The van der Waals surface area contributed by atoms with Crippen LogP contribution in [0.5, 0.6) is 0 Å². The van der Waals surface area contributed by atoms with E-state index in [0.717, 1.165) is 17.5 Å². The lowest BCUT2D eigenvalue weighted by molar-refractivity contribution is -0.130. The summed E-state index contributed by atoms with van der Waals surface area (Å²) in [5.41, 5.74) is 3.21. The molecule has 0 saturated carbocycles. The van der Waals surface area contributed by atoms with Crippen LogP contribution in [0, 0.1) is 0 Å². The van der Waals surface area contributed by atoms with Crippen molar-refractivity contribution in [1.29, 1.82) is 0 Å². The number of nitrogens with zero attached hydrogens (tertiary/aromatic N) is 1. The number of alkyl carbamates (subject to hydrolysis) is 1. The summed E-state index contributed by atoms with van der Waals surface area (Å²) in [5.74, 6) is -0.109. The van der Waals surface area contributed by atoms with Crippen LogP contribution in [-0.4, -0.2) is 40.6 Å². The minimum Gasteiger partial charge on any atom is -0.445 e. The molecular weight excluding hydrogens is 432 g/mol. The van der Waals surface area contributed by atoms with Crippen molar-refractivity contribution in [2.45, 2.75) is 37.5 Å². The van der Waals surface area contributed by atoms with Crippen LogP contribution in [0.25, 0.3) is 5.57 Å². The predicted octanol–water partition coefficient (Wildman–Crippen LogP) is 5.35. The molecule has 31 heavy (non-hydrogen) atoms. The van der Waals surface area contributed by atoms with E-state index in [4.69, 9.17) is 16.3 Å². The van der Waals surface area contributed by atoms with Gasteiger partial charge in [-0.05, 0) is 35.3 Å². The third-order valence-corrected chi connectivity index (χ3v) is 6.22. The van der Waals surface area contributed by atoms with E-state index in [2.05, 4.69) is 11.4 Å². The summed E-state index contributed by atoms with van der Waals surface area (Å²) in [6, 6.07) is 17.2. The summed E-state index contributed by atoms with van der Waals surface area (Å²) in [5, 5.41) is 2.93. The van der Waals surface area contributed by atoms with Crippen molar-refractivity contribution in [2.75, 3.05) is 13.1 Å². The van der Waals surface area contributed by atoms with Crippen molar-refractivity contribution in [3.8, 4) is 0 Å². The van der Waals surface area contributed by atoms with E-state index < -0.39 is 11.5 Å². The van der Waals surface area contributed by atoms with E-state index in [1.54, 1.807) is 4.90 Å². The molecule has 164 valence electrons. The highest BCUT2D eigenvalue weighted by molar-refractivity contribution is 8.01. The maximum Gasteiger partial charge on any atom is 0.408 e. The first kappa shape index (κ1) is 23.2. The van der Waals surface area contributed by atoms with Gasteiger partial charge in [-0.1, -0.05) is 74.0 Å². The fourth-order valence-electron chi connectivity index (χ4n) is 3.26. The average molecular weight is 459 g/mol. The number of thioether (sulfide) groups is 1. The number of hydrogen-bond acceptors (Lipinski definition) is 4. The van der Waals surface area contributed by atoms with Gasteiger partial charge in [0.15, 0.2) is 5.37 Å². The first-order valence-corrected chi connectivity index (χ1v) is 11.6. The second-order valence-corrected chi connectivity index (χ2v) is 9.66. The SMILES string of the molecule is CC(C)SC(NC(=O)OCc1ccccc1)C(=O)N1CC=C(c2ccc(Cl)cc2)CC1. The molecule has 5 nitrogen and oxygen atoms in total. The molecule has 0 fully saturated rings. The number of ether oxygens (including phenoxy) is 1. The molecule has 0 radical (unpaired) electrons. The molecule has 3 rings (SSSR count). The lowest BCUT2D eigenvalue weighted by Crippen LogP contribution is -2.48. The molecule has 0 aliphatic carbocycles. The highest BCUT2D eigenvalue weighted by atomic mass is 35.5. The van der Waals surface area contributed by atoms with E-state index in [0.29, 0.717) is 18.1 Å². The Labute approximate surface area is 192 Å². The number of nitrogens with one attached hydrogen (secondary N) is 1. The van der Waals surface area contributed by atoms with E-state index >= 15 is 0 Å². The normalized spacial score (nSPS) is 14.7. The fourth-order valence-corrected chi connectivity index (χ4v) is 4.36. The molecule has 1 aliphatic rings. The molecule has 0 aromatic heterocycles. The Balaban J connectivity index is 1.59. The molecule has 1 atom stereocenters. The Morgan fingerprint density at radius 2 is 1.84 bits per heavy atom. The van der Waals surface area contributed by atoms with Crippen molar-refractivity contribution in [1.82, 2.24) is 10.2 Å². The number of amides is 2. The Morgan fingerprint density at radius 1 is 1.13 bits per heavy atom. The molecule has 7 heteroatoms. The van der Waals surface area contributed by atoms with Gasteiger partial charge in [-0.15, -0.1) is 11.8 Å². The van der Waals surface area contributed by atoms with Gasteiger partial charge in [0.25, 0.3) is 5.91 Å². The lowest BCUT2D eigenvalue weighted by atomic mass is 9.99. The van der Waals surface area contributed by atoms with Crippen LogP contribution < -0.4 is 5.32 Å². The summed E-state index contributed by atoms with van der Waals surface area (Å²) in [4.78, 5) is 27.2. The zero-order chi connectivity index (χ0) is 22.2. The Morgan fingerprint density at radius 3 is 2.45 bits per heavy atom. The fraction of sp³-hybridized carbons (Fsp3) is 0.333. The second-order valence-electron chi connectivity index (χ2n) is 7.54. The summed E-state index contributed by atoms with van der Waals surface area (Å²) in [7, 11) is 0. The molecule has 0 bridgehead atoms. The number of carbonyl (C=O) groups is 2. The van der Waals surface area contributed by atoms with Gasteiger partial charge in [0, 0.05) is 23.4 Å². The number of rotatable bonds is 7. The van der Waals surface area contributed by atoms with Gasteiger partial charge in [-0.2, -0.15) is 0 Å². The maximum absolute atomic E-state index is 13.1. The zero-order valence-electron chi connectivity index (χ0n) is 17.7. The van der Waals surface area contributed by atoms with Crippen LogP contribution in [0.1, 0.15) is 31.4 Å². The van der Waals surface area contributed by atoms with Gasteiger partial charge < -0.3 is 15.0 Å². The zero-order valence-corrected chi connectivity index (χ0v) is 19.3. The molecule has 1 N–H and O–H groups in total. The Bertz CT molecular complexity index is 916. The van der Waals surface area contributed by atoms with Gasteiger partial charge >= 0.3 is 6.09 Å². The minimum absolute atomic E-state index is 0.109. The average Bonchev–Trinajstić information content (AvgIpc) is 2.78. The van der Waals surface area contributed by atoms with Crippen LogP contribution in [0.15, 0.2) is 60.7 Å². The van der Waals surface area contributed by atoms with Crippen LogP contribution in [0.4, 0.5) is 4.79 Å². The van der Waals surface area contributed by atoms with Gasteiger partial charge in [0.1, 0.15) is 6.61 Å². The molecule has 1 aliphatic heterocycles. The number of halogens is 1. The summed E-state index contributed by atoms with van der Waals surface area (Å²) in [6.45, 7) is 5.26. The second kappa shape index (κ2) is 11.3. The third kappa shape index (κ3) is 7.04. The molecule has 1 unspecified atom stereocenters. The molecule has 2 aromatic rings. The van der Waals surface area contributed by atoms with Gasteiger partial charge in [0.2, 0.25) is 0 Å². The van der Waals surface area contributed by atoms with Crippen LogP contribution in [0.2, 0.25) is 5.02 Å². The first-order chi connectivity index (χ1) is 14.9. The van der Waals surface area contributed by atoms with Gasteiger partial charge in [-0.25, -0.2) is 4.79 Å². The van der Waals surface area contributed by atoms with E-state index in [9.17, 15) is 9.59 Å². The largest absolute Gasteiger partial charge is 0.445 e. The summed E-state index contributed by atoms with van der Waals surface area (Å²) >= 11 is 7.38.